The zero-order chi connectivity index (χ0) is 67.6. The van der Waals surface area contributed by atoms with Crippen molar-refractivity contribution in [2.75, 3.05) is 39.6 Å². The van der Waals surface area contributed by atoms with Crippen LogP contribution in [0, 0.1) is 0 Å². The van der Waals surface area contributed by atoms with Gasteiger partial charge in [-0.15, -0.1) is 15.3 Å². The number of esters is 9. The number of aromatic nitrogens is 9. The van der Waals surface area contributed by atoms with Gasteiger partial charge < -0.3 is 85.3 Å². The van der Waals surface area contributed by atoms with Gasteiger partial charge in [0.05, 0.1) is 18.6 Å². The molecule has 0 saturated carbocycles. The molecular weight excluding hydrogens is 1240 g/mol. The molecule has 93 heavy (non-hydrogen) atoms. The largest absolute Gasteiger partial charge is 0.487 e. The van der Waals surface area contributed by atoms with Crippen molar-refractivity contribution in [3.8, 4) is 17.2 Å². The predicted molar refractivity (Wildman–Crippen MR) is 301 cm³/mol. The highest BCUT2D eigenvalue weighted by Gasteiger charge is 2.55. The van der Waals surface area contributed by atoms with Crippen molar-refractivity contribution in [1.82, 2.24) is 45.0 Å². The van der Waals surface area contributed by atoms with Gasteiger partial charge in [0, 0.05) is 100 Å². The van der Waals surface area contributed by atoms with Crippen LogP contribution in [0.4, 0.5) is 0 Å². The third-order valence-corrected chi connectivity index (χ3v) is 13.6. The van der Waals surface area contributed by atoms with E-state index in [0.29, 0.717) is 0 Å². The third kappa shape index (κ3) is 20.0. The summed E-state index contributed by atoms with van der Waals surface area (Å²) in [7, 11) is 0. The standard InChI is InChI=1S/C57H75N9O27/c1-13-76-55-52(88-34(10)73)49(85-31(7)70)46(43(91-55)25-79-28(4)67)64-19-37(58-61-64)22-82-40-16-41(83-23-38-20-65(62-59-38)47-44(26-80-29(5)68)92-56(77-14-2)53(89-35(11)74)50(47)86-32(8)71)18-42(17-40)84-24-39-21-66(63-60-39)48-45(27-81-30(6)69)93-57(78-15-3)54(90-36(12)75)51(48)87-33(9)72/h16-21,43-57H,13-15,22-27H2,1-12H3/t43-,44-,45-,46-,47-,48-,49+,50+,51+,52+,53+,54+,55+,56+,57+/m1/s1. The van der Waals surface area contributed by atoms with Crippen LogP contribution in [0.15, 0.2) is 36.8 Å². The molecule has 0 N–H and O–H groups in total. The predicted octanol–water partition coefficient (Wildman–Crippen LogP) is 1.39. The van der Waals surface area contributed by atoms with E-state index in [0.717, 1.165) is 41.5 Å². The molecule has 0 bridgehead atoms. The van der Waals surface area contributed by atoms with Crippen LogP contribution in [0.2, 0.25) is 0 Å². The van der Waals surface area contributed by atoms with Crippen molar-refractivity contribution >= 4 is 53.7 Å². The average molecular weight is 1320 g/mol. The molecule has 0 aliphatic carbocycles. The molecule has 0 amide bonds. The molecule has 7 rings (SSSR count). The number of rotatable bonds is 30. The van der Waals surface area contributed by atoms with E-state index in [1.165, 1.54) is 71.6 Å². The maximum Gasteiger partial charge on any atom is 0.303 e. The lowest BCUT2D eigenvalue weighted by molar-refractivity contribution is -0.293. The Kier molecular flexibility index (Phi) is 25.8. The number of hydrogen-bond acceptors (Lipinski definition) is 33. The summed E-state index contributed by atoms with van der Waals surface area (Å²) in [5, 5.41) is 25.7. The van der Waals surface area contributed by atoms with Gasteiger partial charge >= 0.3 is 53.7 Å². The van der Waals surface area contributed by atoms with E-state index in [9.17, 15) is 43.2 Å². The Balaban J connectivity index is 1.21. The van der Waals surface area contributed by atoms with E-state index < -0.39 is 146 Å². The minimum Gasteiger partial charge on any atom is -0.487 e. The number of nitrogens with zero attached hydrogens (tertiary/aromatic N) is 9. The van der Waals surface area contributed by atoms with Crippen LogP contribution in [-0.2, 0) is 134 Å². The molecule has 510 valence electrons. The van der Waals surface area contributed by atoms with Crippen molar-refractivity contribution in [1.29, 1.82) is 0 Å². The Hall–Kier alpha value is -8.97. The lowest BCUT2D eigenvalue weighted by Crippen LogP contribution is -2.59. The van der Waals surface area contributed by atoms with E-state index in [1.54, 1.807) is 20.8 Å². The molecule has 3 aliphatic rings. The molecule has 0 radical (unpaired) electrons. The molecule has 15 atom stereocenters. The van der Waals surface area contributed by atoms with Gasteiger partial charge in [0.1, 0.15) is 110 Å². The molecular formula is C57H75N9O27. The van der Waals surface area contributed by atoms with Gasteiger partial charge in [-0.1, -0.05) is 15.6 Å². The molecule has 0 spiro atoms. The first kappa shape index (κ1) is 71.5. The zero-order valence-corrected chi connectivity index (χ0v) is 53.0. The summed E-state index contributed by atoms with van der Waals surface area (Å²) in [4.78, 5) is 112. The van der Waals surface area contributed by atoms with E-state index in [4.69, 9.17) is 85.3 Å². The summed E-state index contributed by atoms with van der Waals surface area (Å²) in [5.41, 5.74) is 0.554. The second-order valence-corrected chi connectivity index (χ2v) is 20.9. The van der Waals surface area contributed by atoms with E-state index in [-0.39, 0.29) is 93.8 Å². The lowest BCUT2D eigenvalue weighted by Gasteiger charge is -2.44. The Morgan fingerprint density at radius 2 is 0.602 bits per heavy atom. The lowest BCUT2D eigenvalue weighted by atomic mass is 9.95. The normalized spacial score (nSPS) is 25.9. The van der Waals surface area contributed by atoms with E-state index in [1.807, 2.05) is 0 Å². The maximum atomic E-state index is 12.7. The summed E-state index contributed by atoms with van der Waals surface area (Å²) < 4.78 is 109. The smallest absolute Gasteiger partial charge is 0.303 e. The molecule has 3 fully saturated rings. The van der Waals surface area contributed by atoms with Crippen LogP contribution in [-0.4, -0.2) is 212 Å². The van der Waals surface area contributed by atoms with Crippen molar-refractivity contribution < 1.29 is 128 Å². The van der Waals surface area contributed by atoms with E-state index >= 15 is 0 Å². The summed E-state index contributed by atoms with van der Waals surface area (Å²) in [6.07, 6.45) is -10.7. The number of benzene rings is 1. The molecule has 3 aromatic heterocycles. The fourth-order valence-electron chi connectivity index (χ4n) is 10.3. The van der Waals surface area contributed by atoms with Crippen LogP contribution in [0.1, 0.15) is 118 Å². The molecule has 3 aliphatic heterocycles. The van der Waals surface area contributed by atoms with Gasteiger partial charge in [0.2, 0.25) is 0 Å². The van der Waals surface area contributed by atoms with Crippen molar-refractivity contribution in [2.24, 2.45) is 0 Å². The minimum absolute atomic E-state index is 0.0903. The molecule has 1 aromatic carbocycles. The molecule has 0 unspecified atom stereocenters. The Morgan fingerprint density at radius 1 is 0.366 bits per heavy atom. The third-order valence-electron chi connectivity index (χ3n) is 13.6. The second-order valence-electron chi connectivity index (χ2n) is 20.9. The molecule has 36 nitrogen and oxygen atoms in total. The van der Waals surface area contributed by atoms with Gasteiger partial charge in [-0.25, -0.2) is 14.0 Å². The fraction of sp³-hybridized carbons (Fsp3) is 0.632. The topological polar surface area (TPSA) is 412 Å². The Morgan fingerprint density at radius 3 is 0.817 bits per heavy atom. The summed E-state index contributed by atoms with van der Waals surface area (Å²) in [6, 6.07) is 1.07. The first-order valence-corrected chi connectivity index (χ1v) is 29.3. The highest BCUT2D eigenvalue weighted by atomic mass is 16.7. The SMILES string of the molecule is CCO[C@H]1O[C@H](COC(C)=O)[C@@H](n2cc(COc3cc(OCc4cn([C@H]5[C@H](OC(C)=O)[C@H](OC(C)=O)[C@@H](OCC)O[C@@H]5COC(C)=O)nn4)cc(OCc4cn([C@H]5[C@H](OC(C)=O)[C@H](OC(C)=O)[C@@H](OCC)O[C@@H]5COC(C)=O)nn4)c3)nn2)[C@H](OC(C)=O)[C@@H]1OC(C)=O. The van der Waals surface area contributed by atoms with Gasteiger partial charge in [-0.05, 0) is 20.8 Å². The molecule has 4 aromatic rings. The van der Waals surface area contributed by atoms with Gasteiger partial charge in [0.25, 0.3) is 0 Å². The van der Waals surface area contributed by atoms with Crippen LogP contribution in [0.25, 0.3) is 0 Å². The summed E-state index contributed by atoms with van der Waals surface area (Å²) >= 11 is 0. The summed E-state index contributed by atoms with van der Waals surface area (Å²) in [6.45, 7) is 13.7. The van der Waals surface area contributed by atoms with Crippen molar-refractivity contribution in [3.05, 3.63) is 53.9 Å². The maximum absolute atomic E-state index is 12.7. The zero-order valence-electron chi connectivity index (χ0n) is 53.0. The monoisotopic (exact) mass is 1320 g/mol. The quantitative estimate of drug-likeness (QED) is 0.0525. The minimum atomic E-state index is -1.32. The van der Waals surface area contributed by atoms with Gasteiger partial charge in [0.15, 0.2) is 55.5 Å². The molecule has 36 heteroatoms. The van der Waals surface area contributed by atoms with E-state index in [2.05, 4.69) is 30.9 Å². The molecule has 6 heterocycles. The Labute approximate surface area is 531 Å². The van der Waals surface area contributed by atoms with Crippen LogP contribution >= 0.6 is 0 Å². The van der Waals surface area contributed by atoms with Crippen LogP contribution < -0.4 is 14.2 Å². The van der Waals surface area contributed by atoms with Crippen LogP contribution in [0.5, 0.6) is 17.2 Å². The first-order valence-electron chi connectivity index (χ1n) is 29.3. The number of carbonyl (C=O) groups excluding carboxylic acids is 9. The Bertz CT molecular complexity index is 2890. The van der Waals surface area contributed by atoms with Gasteiger partial charge in [-0.3, -0.25) is 43.2 Å². The fourth-order valence-corrected chi connectivity index (χ4v) is 10.3. The molecule has 3 saturated heterocycles. The second kappa shape index (κ2) is 33.6. The number of hydrogen-bond donors (Lipinski definition) is 0. The van der Waals surface area contributed by atoms with Crippen molar-refractivity contribution in [2.45, 2.75) is 195 Å². The average Bonchev–Trinajstić information content (AvgIpc) is 1.73. The van der Waals surface area contributed by atoms with Crippen LogP contribution in [0.3, 0.4) is 0 Å². The number of carbonyl (C=O) groups is 9. The summed E-state index contributed by atoms with van der Waals surface area (Å²) in [5.74, 6) is -6.13. The first-order chi connectivity index (χ1) is 44.3. The highest BCUT2D eigenvalue weighted by molar-refractivity contribution is 5.69. The highest BCUT2D eigenvalue weighted by Crippen LogP contribution is 2.39. The number of ether oxygens (including phenoxy) is 18. The van der Waals surface area contributed by atoms with Crippen molar-refractivity contribution in [3.63, 3.8) is 0 Å². The van der Waals surface area contributed by atoms with Gasteiger partial charge in [-0.2, -0.15) is 0 Å².